The van der Waals surface area contributed by atoms with Gasteiger partial charge in [-0.25, -0.2) is 8.42 Å². The van der Waals surface area contributed by atoms with E-state index in [9.17, 15) is 13.2 Å². The van der Waals surface area contributed by atoms with Crippen LogP contribution in [0.25, 0.3) is 0 Å². The maximum Gasteiger partial charge on any atom is 0.251 e. The van der Waals surface area contributed by atoms with Crippen LogP contribution >= 0.6 is 0 Å². The normalized spacial score (nSPS) is 18.6. The lowest BCUT2D eigenvalue weighted by molar-refractivity contribution is 0.0951. The lowest BCUT2D eigenvalue weighted by Crippen LogP contribution is -2.25. The zero-order chi connectivity index (χ0) is 18.4. The van der Waals surface area contributed by atoms with Gasteiger partial charge in [0, 0.05) is 12.1 Å². The summed E-state index contributed by atoms with van der Waals surface area (Å²) in [6.45, 7) is 0.492. The van der Waals surface area contributed by atoms with Crippen LogP contribution in [0.2, 0.25) is 0 Å². The van der Waals surface area contributed by atoms with Crippen LogP contribution in [0, 0.1) is 5.92 Å². The number of ether oxygens (including phenoxy) is 3. The molecule has 0 saturated carbocycles. The Morgan fingerprint density at radius 1 is 1.16 bits per heavy atom. The van der Waals surface area contributed by atoms with E-state index in [1.54, 1.807) is 12.1 Å². The molecule has 25 heavy (non-hydrogen) atoms. The van der Waals surface area contributed by atoms with Gasteiger partial charge in [-0.1, -0.05) is 0 Å². The summed E-state index contributed by atoms with van der Waals surface area (Å²) in [6, 6.07) is 3.19. The number of rotatable bonds is 8. The molecule has 0 aromatic heterocycles. The average molecular weight is 371 g/mol. The molecule has 1 saturated heterocycles. The van der Waals surface area contributed by atoms with Gasteiger partial charge in [0.25, 0.3) is 5.91 Å². The highest BCUT2D eigenvalue weighted by atomic mass is 32.2. The molecular weight excluding hydrogens is 346 g/mol. The third-order valence-corrected chi connectivity index (χ3v) is 6.17. The Morgan fingerprint density at radius 2 is 1.80 bits per heavy atom. The summed E-state index contributed by atoms with van der Waals surface area (Å²) in [4.78, 5) is 12.3. The van der Waals surface area contributed by atoms with E-state index in [4.69, 9.17) is 14.2 Å². The molecule has 1 amide bonds. The number of nitrogens with one attached hydrogen (secondary N) is 1. The molecule has 1 heterocycles. The SMILES string of the molecule is COc1cc(C(=O)NCCCC2CCS(=O)(=O)C2)cc(OC)c1OC. The van der Waals surface area contributed by atoms with E-state index >= 15 is 0 Å². The predicted molar refractivity (Wildman–Crippen MR) is 94.4 cm³/mol. The van der Waals surface area contributed by atoms with E-state index in [-0.39, 0.29) is 23.3 Å². The number of hydrogen-bond donors (Lipinski definition) is 1. The first kappa shape index (κ1) is 19.4. The summed E-state index contributed by atoms with van der Waals surface area (Å²) in [6.07, 6.45) is 2.27. The molecule has 1 aromatic carbocycles. The van der Waals surface area contributed by atoms with E-state index in [2.05, 4.69) is 5.32 Å². The number of carbonyl (C=O) groups excluding carboxylic acids is 1. The molecule has 2 rings (SSSR count). The third kappa shape index (κ3) is 5.01. The van der Waals surface area contributed by atoms with Gasteiger partial charge >= 0.3 is 0 Å². The van der Waals surface area contributed by atoms with Crippen LogP contribution < -0.4 is 19.5 Å². The van der Waals surface area contributed by atoms with Gasteiger partial charge in [0.15, 0.2) is 21.3 Å². The minimum absolute atomic E-state index is 0.211. The van der Waals surface area contributed by atoms with Crippen molar-refractivity contribution in [2.45, 2.75) is 19.3 Å². The molecular formula is C17H25NO6S. The fourth-order valence-corrected chi connectivity index (χ4v) is 4.92. The van der Waals surface area contributed by atoms with Crippen molar-refractivity contribution < 1.29 is 27.4 Å². The van der Waals surface area contributed by atoms with Gasteiger partial charge in [-0.3, -0.25) is 4.79 Å². The predicted octanol–water partition coefficient (Wildman–Crippen LogP) is 1.66. The minimum Gasteiger partial charge on any atom is -0.493 e. The van der Waals surface area contributed by atoms with Gasteiger partial charge in [-0.15, -0.1) is 0 Å². The van der Waals surface area contributed by atoms with E-state index in [0.717, 1.165) is 19.3 Å². The third-order valence-electron chi connectivity index (χ3n) is 4.33. The Hall–Kier alpha value is -1.96. The van der Waals surface area contributed by atoms with E-state index in [1.807, 2.05) is 0 Å². The largest absolute Gasteiger partial charge is 0.493 e. The topological polar surface area (TPSA) is 90.9 Å². The Balaban J connectivity index is 1.90. The summed E-state index contributed by atoms with van der Waals surface area (Å²) in [5, 5.41) is 2.84. The number of benzene rings is 1. The molecule has 1 unspecified atom stereocenters. The molecule has 7 nitrogen and oxygen atoms in total. The van der Waals surface area contributed by atoms with Crippen molar-refractivity contribution in [2.24, 2.45) is 5.92 Å². The zero-order valence-corrected chi connectivity index (χ0v) is 15.6. The summed E-state index contributed by atoms with van der Waals surface area (Å²) in [5.41, 5.74) is 0.415. The summed E-state index contributed by atoms with van der Waals surface area (Å²) < 4.78 is 38.6. The molecule has 1 atom stereocenters. The van der Waals surface area contributed by atoms with Crippen molar-refractivity contribution >= 4 is 15.7 Å². The second-order valence-electron chi connectivity index (χ2n) is 6.08. The van der Waals surface area contributed by atoms with Gasteiger partial charge in [-0.05, 0) is 37.3 Å². The number of amides is 1. The molecule has 1 aliphatic heterocycles. The summed E-state index contributed by atoms with van der Waals surface area (Å²) >= 11 is 0. The van der Waals surface area contributed by atoms with Crippen LogP contribution in [0.3, 0.4) is 0 Å². The first-order chi connectivity index (χ1) is 11.9. The van der Waals surface area contributed by atoms with Crippen molar-refractivity contribution in [3.05, 3.63) is 17.7 Å². The van der Waals surface area contributed by atoms with Crippen molar-refractivity contribution in [3.8, 4) is 17.2 Å². The molecule has 1 aromatic rings. The molecule has 1 fully saturated rings. The number of methoxy groups -OCH3 is 3. The second-order valence-corrected chi connectivity index (χ2v) is 8.31. The van der Waals surface area contributed by atoms with E-state index < -0.39 is 9.84 Å². The Morgan fingerprint density at radius 3 is 2.28 bits per heavy atom. The molecule has 0 radical (unpaired) electrons. The minimum atomic E-state index is -2.84. The highest BCUT2D eigenvalue weighted by Gasteiger charge is 2.27. The number of sulfone groups is 1. The lowest BCUT2D eigenvalue weighted by atomic mass is 10.0. The Bertz CT molecular complexity index is 691. The van der Waals surface area contributed by atoms with E-state index in [0.29, 0.717) is 29.4 Å². The number of carbonyl (C=O) groups is 1. The molecule has 1 N–H and O–H groups in total. The van der Waals surface area contributed by atoms with Crippen LogP contribution in [0.15, 0.2) is 12.1 Å². The fraction of sp³-hybridized carbons (Fsp3) is 0.588. The van der Waals surface area contributed by atoms with Gasteiger partial charge in [0.1, 0.15) is 0 Å². The van der Waals surface area contributed by atoms with Crippen molar-refractivity contribution in [1.82, 2.24) is 5.32 Å². The molecule has 1 aliphatic rings. The van der Waals surface area contributed by atoms with Gasteiger partial charge < -0.3 is 19.5 Å². The van der Waals surface area contributed by atoms with Crippen LogP contribution in [0.4, 0.5) is 0 Å². The monoisotopic (exact) mass is 371 g/mol. The first-order valence-corrected chi connectivity index (χ1v) is 10.0. The maximum atomic E-state index is 12.3. The summed E-state index contributed by atoms with van der Waals surface area (Å²) in [7, 11) is 1.65. The quantitative estimate of drug-likeness (QED) is 0.699. The Kier molecular flexibility index (Phi) is 6.52. The summed E-state index contributed by atoms with van der Waals surface area (Å²) in [5.74, 6) is 1.81. The highest BCUT2D eigenvalue weighted by Crippen LogP contribution is 2.38. The molecule has 8 heteroatoms. The number of hydrogen-bond acceptors (Lipinski definition) is 6. The fourth-order valence-electron chi connectivity index (χ4n) is 3.01. The second kappa shape index (κ2) is 8.42. The maximum absolute atomic E-state index is 12.3. The van der Waals surface area contributed by atoms with Crippen molar-refractivity contribution in [3.63, 3.8) is 0 Å². The average Bonchev–Trinajstić information content (AvgIpc) is 2.95. The standard InChI is InChI=1S/C17H25NO6S/c1-22-14-9-13(10-15(23-2)16(14)24-3)17(19)18-7-4-5-12-6-8-25(20,21)11-12/h9-10,12H,4-8,11H2,1-3H3,(H,18,19). The van der Waals surface area contributed by atoms with Crippen LogP contribution in [-0.4, -0.2) is 53.7 Å². The van der Waals surface area contributed by atoms with Gasteiger partial charge in [-0.2, -0.15) is 0 Å². The molecule has 0 spiro atoms. The van der Waals surface area contributed by atoms with Crippen LogP contribution in [-0.2, 0) is 9.84 Å². The van der Waals surface area contributed by atoms with Gasteiger partial charge in [0.2, 0.25) is 5.75 Å². The van der Waals surface area contributed by atoms with Crippen LogP contribution in [0.1, 0.15) is 29.6 Å². The van der Waals surface area contributed by atoms with E-state index in [1.165, 1.54) is 21.3 Å². The van der Waals surface area contributed by atoms with Crippen molar-refractivity contribution in [2.75, 3.05) is 39.4 Å². The first-order valence-electron chi connectivity index (χ1n) is 8.18. The zero-order valence-electron chi connectivity index (χ0n) is 14.8. The Labute approximate surface area is 148 Å². The molecule has 0 aliphatic carbocycles. The molecule has 0 bridgehead atoms. The molecule has 140 valence electrons. The smallest absolute Gasteiger partial charge is 0.251 e. The lowest BCUT2D eigenvalue weighted by Gasteiger charge is -2.14. The van der Waals surface area contributed by atoms with Crippen LogP contribution in [0.5, 0.6) is 17.2 Å². The van der Waals surface area contributed by atoms with Gasteiger partial charge in [0.05, 0.1) is 32.8 Å². The van der Waals surface area contributed by atoms with Crippen molar-refractivity contribution in [1.29, 1.82) is 0 Å². The highest BCUT2D eigenvalue weighted by molar-refractivity contribution is 7.91.